The van der Waals surface area contributed by atoms with Crippen LogP contribution in [0.3, 0.4) is 0 Å². The molecule has 0 amide bonds. The van der Waals surface area contributed by atoms with Crippen molar-refractivity contribution in [3.8, 4) is 29.5 Å². The Bertz CT molecular complexity index is 1380. The number of ether oxygens (including phenoxy) is 2. The zero-order chi connectivity index (χ0) is 21.8. The molecule has 0 saturated carbocycles. The van der Waals surface area contributed by atoms with Crippen LogP contribution >= 0.6 is 0 Å². The lowest BCUT2D eigenvalue weighted by Crippen LogP contribution is -2.22. The van der Waals surface area contributed by atoms with Crippen molar-refractivity contribution in [1.82, 2.24) is 14.5 Å². The Kier molecular flexibility index (Phi) is 5.50. The van der Waals surface area contributed by atoms with Crippen LogP contribution in [0.25, 0.3) is 28.9 Å². The van der Waals surface area contributed by atoms with Gasteiger partial charge in [-0.15, -0.1) is 6.42 Å². The number of hydrogen-bond donors (Lipinski definition) is 0. The zero-order valence-electron chi connectivity index (χ0n) is 17.1. The SMILES string of the molecule is C#Cc1ccc(-n2c(C=Cc3cc(OC)ccc3OC)nc3ncccc3c2=O)cc1. The smallest absolute Gasteiger partial charge is 0.267 e. The van der Waals surface area contributed by atoms with Crippen LogP contribution in [0.15, 0.2) is 65.6 Å². The van der Waals surface area contributed by atoms with Crippen molar-refractivity contribution in [3.63, 3.8) is 0 Å². The molecule has 0 N–H and O–H groups in total. The van der Waals surface area contributed by atoms with Crippen LogP contribution in [0.4, 0.5) is 0 Å². The summed E-state index contributed by atoms with van der Waals surface area (Å²) < 4.78 is 12.3. The highest BCUT2D eigenvalue weighted by molar-refractivity contribution is 5.77. The van der Waals surface area contributed by atoms with Crippen LogP contribution in [0, 0.1) is 12.3 Å². The Labute approximate surface area is 179 Å². The minimum Gasteiger partial charge on any atom is -0.497 e. The van der Waals surface area contributed by atoms with Crippen LogP contribution in [0.1, 0.15) is 17.0 Å². The van der Waals surface area contributed by atoms with Gasteiger partial charge in [0.25, 0.3) is 5.56 Å². The molecule has 0 fully saturated rings. The van der Waals surface area contributed by atoms with Crippen molar-refractivity contribution in [2.24, 2.45) is 0 Å². The minimum absolute atomic E-state index is 0.219. The zero-order valence-corrected chi connectivity index (χ0v) is 17.1. The molecule has 0 aliphatic rings. The summed E-state index contributed by atoms with van der Waals surface area (Å²) in [4.78, 5) is 22.2. The second-order valence-electron chi connectivity index (χ2n) is 6.62. The predicted molar refractivity (Wildman–Crippen MR) is 122 cm³/mol. The highest BCUT2D eigenvalue weighted by Gasteiger charge is 2.12. The molecule has 0 aliphatic carbocycles. The van der Waals surface area contributed by atoms with Gasteiger partial charge in [0.1, 0.15) is 17.3 Å². The van der Waals surface area contributed by atoms with Gasteiger partial charge in [-0.2, -0.15) is 0 Å². The highest BCUT2D eigenvalue weighted by atomic mass is 16.5. The van der Waals surface area contributed by atoms with E-state index in [1.54, 1.807) is 62.9 Å². The fourth-order valence-corrected chi connectivity index (χ4v) is 3.24. The molecule has 152 valence electrons. The Hall–Kier alpha value is -4.37. The normalized spacial score (nSPS) is 10.9. The molecule has 0 saturated heterocycles. The molecule has 2 aromatic carbocycles. The first-order valence-corrected chi connectivity index (χ1v) is 9.49. The van der Waals surface area contributed by atoms with Gasteiger partial charge in [0.2, 0.25) is 0 Å². The molecule has 31 heavy (non-hydrogen) atoms. The number of methoxy groups -OCH3 is 2. The van der Waals surface area contributed by atoms with E-state index in [4.69, 9.17) is 15.9 Å². The molecule has 4 aromatic rings. The van der Waals surface area contributed by atoms with Crippen LogP contribution < -0.4 is 15.0 Å². The first-order valence-electron chi connectivity index (χ1n) is 9.49. The minimum atomic E-state index is -0.219. The number of pyridine rings is 1. The largest absolute Gasteiger partial charge is 0.497 e. The van der Waals surface area contributed by atoms with E-state index in [9.17, 15) is 4.79 Å². The van der Waals surface area contributed by atoms with E-state index in [1.807, 2.05) is 24.3 Å². The van der Waals surface area contributed by atoms with Gasteiger partial charge in [-0.05, 0) is 66.7 Å². The number of rotatable bonds is 5. The summed E-state index contributed by atoms with van der Waals surface area (Å²) in [6.45, 7) is 0. The molecule has 0 aliphatic heterocycles. The molecule has 6 nitrogen and oxygen atoms in total. The van der Waals surface area contributed by atoms with Crippen molar-refractivity contribution in [2.45, 2.75) is 0 Å². The predicted octanol–water partition coefficient (Wildman–Crippen LogP) is 3.95. The van der Waals surface area contributed by atoms with Crippen LogP contribution in [-0.4, -0.2) is 28.8 Å². The number of nitrogens with zero attached hydrogens (tertiary/aromatic N) is 3. The first-order chi connectivity index (χ1) is 15.1. The third kappa shape index (κ3) is 3.89. The molecule has 2 aromatic heterocycles. The maximum absolute atomic E-state index is 13.3. The molecule has 4 rings (SSSR count). The van der Waals surface area contributed by atoms with Gasteiger partial charge in [0.05, 0.1) is 25.3 Å². The van der Waals surface area contributed by atoms with Crippen molar-refractivity contribution in [2.75, 3.05) is 14.2 Å². The quantitative estimate of drug-likeness (QED) is 0.467. The van der Waals surface area contributed by atoms with Crippen molar-refractivity contribution < 1.29 is 9.47 Å². The lowest BCUT2D eigenvalue weighted by atomic mass is 10.1. The van der Waals surface area contributed by atoms with E-state index in [0.717, 1.165) is 11.1 Å². The molecule has 0 radical (unpaired) electrons. The van der Waals surface area contributed by atoms with E-state index in [0.29, 0.717) is 34.0 Å². The Balaban J connectivity index is 1.92. The molecule has 0 bridgehead atoms. The van der Waals surface area contributed by atoms with Gasteiger partial charge in [0.15, 0.2) is 5.65 Å². The Morgan fingerprint density at radius 2 is 1.84 bits per heavy atom. The number of benzene rings is 2. The van der Waals surface area contributed by atoms with Crippen LogP contribution in [0.2, 0.25) is 0 Å². The molecule has 0 spiro atoms. The molecule has 2 heterocycles. The van der Waals surface area contributed by atoms with E-state index in [2.05, 4.69) is 15.9 Å². The summed E-state index contributed by atoms with van der Waals surface area (Å²) in [5.41, 5.74) is 2.32. The average molecular weight is 409 g/mol. The van der Waals surface area contributed by atoms with Gasteiger partial charge in [0, 0.05) is 17.3 Å². The first kappa shape index (κ1) is 19.9. The van der Waals surface area contributed by atoms with Crippen LogP contribution in [-0.2, 0) is 0 Å². The number of terminal acetylenes is 1. The molecule has 0 atom stereocenters. The van der Waals surface area contributed by atoms with Crippen molar-refractivity contribution in [1.29, 1.82) is 0 Å². The van der Waals surface area contributed by atoms with E-state index >= 15 is 0 Å². The van der Waals surface area contributed by atoms with Gasteiger partial charge >= 0.3 is 0 Å². The Morgan fingerprint density at radius 1 is 1.03 bits per heavy atom. The van der Waals surface area contributed by atoms with Gasteiger partial charge < -0.3 is 9.47 Å². The lowest BCUT2D eigenvalue weighted by molar-refractivity contribution is 0.402. The maximum atomic E-state index is 13.3. The number of fused-ring (bicyclic) bond motifs is 1. The lowest BCUT2D eigenvalue weighted by Gasteiger charge is -2.12. The summed E-state index contributed by atoms with van der Waals surface area (Å²) in [5, 5.41) is 0.430. The highest BCUT2D eigenvalue weighted by Crippen LogP contribution is 2.26. The van der Waals surface area contributed by atoms with Crippen molar-refractivity contribution in [3.05, 3.63) is 88.1 Å². The van der Waals surface area contributed by atoms with Gasteiger partial charge in [-0.3, -0.25) is 9.36 Å². The number of aromatic nitrogens is 3. The van der Waals surface area contributed by atoms with Gasteiger partial charge in [-0.1, -0.05) is 5.92 Å². The molecular formula is C25H19N3O3. The molecular weight excluding hydrogens is 390 g/mol. The second kappa shape index (κ2) is 8.56. The maximum Gasteiger partial charge on any atom is 0.267 e. The summed E-state index contributed by atoms with van der Waals surface area (Å²) in [7, 11) is 3.20. The molecule has 6 heteroatoms. The topological polar surface area (TPSA) is 66.2 Å². The fraction of sp³-hybridized carbons (Fsp3) is 0.0800. The van der Waals surface area contributed by atoms with Gasteiger partial charge in [-0.25, -0.2) is 9.97 Å². The summed E-state index contributed by atoms with van der Waals surface area (Å²) >= 11 is 0. The second-order valence-corrected chi connectivity index (χ2v) is 6.62. The third-order valence-electron chi connectivity index (χ3n) is 4.81. The monoisotopic (exact) mass is 409 g/mol. The van der Waals surface area contributed by atoms with Crippen LogP contribution in [0.5, 0.6) is 11.5 Å². The fourth-order valence-electron chi connectivity index (χ4n) is 3.24. The van der Waals surface area contributed by atoms with Crippen molar-refractivity contribution >= 4 is 23.2 Å². The molecule has 0 unspecified atom stereocenters. The average Bonchev–Trinajstić information content (AvgIpc) is 2.82. The van der Waals surface area contributed by atoms with E-state index in [-0.39, 0.29) is 5.56 Å². The van der Waals surface area contributed by atoms with E-state index < -0.39 is 0 Å². The van der Waals surface area contributed by atoms with E-state index in [1.165, 1.54) is 4.57 Å². The third-order valence-corrected chi connectivity index (χ3v) is 4.81. The summed E-state index contributed by atoms with van der Waals surface area (Å²) in [6.07, 6.45) is 10.6. The Morgan fingerprint density at radius 3 is 2.55 bits per heavy atom. The summed E-state index contributed by atoms with van der Waals surface area (Å²) in [6, 6.07) is 16.1. The summed E-state index contributed by atoms with van der Waals surface area (Å²) in [5.74, 6) is 4.37. The number of hydrogen-bond acceptors (Lipinski definition) is 5. The standard InChI is InChI=1S/C25H19N3O3/c1-4-17-7-10-19(11-8-17)28-23(27-24-21(25(28)29)6-5-15-26-24)14-9-18-16-20(30-2)12-13-22(18)31-3/h1,5-16H,2-3H3.